The number of benzene rings is 2. The second-order valence-electron chi connectivity index (χ2n) is 8.03. The number of carbonyl (C=O) groups excluding carboxylic acids is 1. The number of fused-ring (bicyclic) bond motifs is 4. The summed E-state index contributed by atoms with van der Waals surface area (Å²) in [6.07, 6.45) is 5.95. The van der Waals surface area contributed by atoms with Crippen molar-refractivity contribution in [3.05, 3.63) is 58.7 Å². The Morgan fingerprint density at radius 1 is 0.767 bits per heavy atom. The molecule has 4 aliphatic rings. The minimum Gasteiger partial charge on any atom is -0.454 e. The number of hydrogen-bond acceptors (Lipinski definition) is 6. The molecule has 2 bridgehead atoms. The Bertz CT molecular complexity index is 1030. The van der Waals surface area contributed by atoms with Crippen molar-refractivity contribution >= 4 is 17.9 Å². The molecule has 0 radical (unpaired) electrons. The molecule has 0 saturated carbocycles. The standard InChI is InChI=1S/C24H21NO5/c1-25-18-4-5-19(25)17(9-15-3-7-21-23(11-15)30-13-28-21)24(26)16(18)8-14-2-6-20-22(10-14)29-12-27-20/h2-3,6-11,18-19H,4-5,12-13H2,1H3/b16-8+,17-9+. The summed E-state index contributed by atoms with van der Waals surface area (Å²) in [6.45, 7) is 0.480. The Hall–Kier alpha value is -3.25. The molecule has 2 aromatic rings. The van der Waals surface area contributed by atoms with Crippen LogP contribution in [0.15, 0.2) is 47.5 Å². The maximum absolute atomic E-state index is 13.5. The van der Waals surface area contributed by atoms with Gasteiger partial charge in [-0.15, -0.1) is 0 Å². The number of rotatable bonds is 2. The van der Waals surface area contributed by atoms with Gasteiger partial charge in [-0.05, 0) is 67.4 Å². The topological polar surface area (TPSA) is 57.2 Å². The second-order valence-corrected chi connectivity index (χ2v) is 8.03. The molecular weight excluding hydrogens is 382 g/mol. The van der Waals surface area contributed by atoms with Crippen molar-refractivity contribution in [2.24, 2.45) is 0 Å². The number of hydrogen-bond donors (Lipinski definition) is 0. The van der Waals surface area contributed by atoms with Crippen molar-refractivity contribution < 1.29 is 23.7 Å². The largest absolute Gasteiger partial charge is 0.454 e. The average molecular weight is 403 g/mol. The highest BCUT2D eigenvalue weighted by Gasteiger charge is 2.44. The van der Waals surface area contributed by atoms with Crippen LogP contribution in [-0.2, 0) is 4.79 Å². The van der Waals surface area contributed by atoms with Crippen LogP contribution in [0.1, 0.15) is 24.0 Å². The van der Waals surface area contributed by atoms with Crippen LogP contribution in [0.5, 0.6) is 23.0 Å². The molecule has 0 amide bonds. The quantitative estimate of drug-likeness (QED) is 0.714. The first-order chi connectivity index (χ1) is 14.7. The van der Waals surface area contributed by atoms with Gasteiger partial charge in [0.2, 0.25) is 13.6 Å². The minimum atomic E-state index is 0.121. The number of piperidine rings is 1. The van der Waals surface area contributed by atoms with Crippen LogP contribution in [0.3, 0.4) is 0 Å². The molecule has 2 saturated heterocycles. The highest BCUT2D eigenvalue weighted by Crippen LogP contribution is 2.42. The smallest absolute Gasteiger partial charge is 0.231 e. The fourth-order valence-electron chi connectivity index (χ4n) is 4.85. The molecule has 2 atom stereocenters. The Balaban J connectivity index is 1.39. The lowest BCUT2D eigenvalue weighted by Gasteiger charge is -2.34. The van der Waals surface area contributed by atoms with Gasteiger partial charge in [0.05, 0.1) is 0 Å². The van der Waals surface area contributed by atoms with Gasteiger partial charge >= 0.3 is 0 Å². The predicted molar refractivity (Wildman–Crippen MR) is 111 cm³/mol. The van der Waals surface area contributed by atoms with Gasteiger partial charge < -0.3 is 18.9 Å². The van der Waals surface area contributed by atoms with Crippen LogP contribution < -0.4 is 18.9 Å². The number of ketones is 1. The van der Waals surface area contributed by atoms with E-state index in [1.165, 1.54) is 0 Å². The maximum atomic E-state index is 13.5. The third kappa shape index (κ3) is 2.71. The molecule has 0 spiro atoms. The summed E-state index contributed by atoms with van der Waals surface area (Å²) in [7, 11) is 2.11. The van der Waals surface area contributed by atoms with E-state index >= 15 is 0 Å². The Morgan fingerprint density at radius 2 is 1.23 bits per heavy atom. The van der Waals surface area contributed by atoms with Crippen molar-refractivity contribution in [3.63, 3.8) is 0 Å². The first-order valence-corrected chi connectivity index (χ1v) is 10.2. The van der Waals surface area contributed by atoms with Crippen LogP contribution in [0.25, 0.3) is 12.2 Å². The lowest BCUT2D eigenvalue weighted by Crippen LogP contribution is -2.43. The third-order valence-electron chi connectivity index (χ3n) is 6.38. The molecule has 6 heteroatoms. The molecule has 152 valence electrons. The van der Waals surface area contributed by atoms with Crippen molar-refractivity contribution in [1.29, 1.82) is 0 Å². The lowest BCUT2D eigenvalue weighted by molar-refractivity contribution is -0.114. The molecule has 2 fully saturated rings. The molecular formula is C24H21NO5. The van der Waals surface area contributed by atoms with E-state index in [4.69, 9.17) is 18.9 Å². The number of likely N-dealkylation sites (N-methyl/N-ethyl adjacent to an activating group) is 1. The third-order valence-corrected chi connectivity index (χ3v) is 6.38. The highest BCUT2D eigenvalue weighted by atomic mass is 16.7. The Labute approximate surface area is 174 Å². The number of carbonyl (C=O) groups is 1. The zero-order valence-electron chi connectivity index (χ0n) is 16.6. The Kier molecular flexibility index (Phi) is 3.89. The summed E-state index contributed by atoms with van der Waals surface area (Å²) in [5.74, 6) is 3.06. The first-order valence-electron chi connectivity index (χ1n) is 10.2. The van der Waals surface area contributed by atoms with Gasteiger partial charge in [0.25, 0.3) is 0 Å². The van der Waals surface area contributed by atoms with Gasteiger partial charge in [-0.2, -0.15) is 0 Å². The minimum absolute atomic E-state index is 0.121. The number of ether oxygens (including phenoxy) is 4. The molecule has 0 N–H and O–H groups in total. The van der Waals surface area contributed by atoms with E-state index < -0.39 is 0 Å². The van der Waals surface area contributed by atoms with E-state index in [1.54, 1.807) is 0 Å². The predicted octanol–water partition coefficient (Wildman–Crippen LogP) is 3.66. The second kappa shape index (κ2) is 6.64. The van der Waals surface area contributed by atoms with E-state index in [9.17, 15) is 4.79 Å². The van der Waals surface area contributed by atoms with Crippen LogP contribution in [0.4, 0.5) is 0 Å². The van der Waals surface area contributed by atoms with Gasteiger partial charge in [-0.3, -0.25) is 9.69 Å². The monoisotopic (exact) mass is 403 g/mol. The number of nitrogens with zero attached hydrogens (tertiary/aromatic N) is 1. The summed E-state index contributed by atoms with van der Waals surface area (Å²) in [4.78, 5) is 15.9. The SMILES string of the molecule is CN1C2CCC1/C(=C\c1ccc3c(c1)OCO3)C(=O)/C2=C/c1ccc2c(c1)OCO2. The van der Waals surface area contributed by atoms with E-state index in [-0.39, 0.29) is 31.5 Å². The van der Waals surface area contributed by atoms with Crippen LogP contribution >= 0.6 is 0 Å². The molecule has 4 aliphatic heterocycles. The molecule has 0 aromatic heterocycles. The van der Waals surface area contributed by atoms with E-state index in [0.29, 0.717) is 0 Å². The molecule has 2 unspecified atom stereocenters. The van der Waals surface area contributed by atoms with E-state index in [0.717, 1.165) is 58.1 Å². The molecule has 30 heavy (non-hydrogen) atoms. The highest BCUT2D eigenvalue weighted by molar-refractivity contribution is 6.16. The fourth-order valence-corrected chi connectivity index (χ4v) is 4.85. The van der Waals surface area contributed by atoms with Crippen LogP contribution in [0.2, 0.25) is 0 Å². The fraction of sp³-hybridized carbons (Fsp3) is 0.292. The summed E-state index contributed by atoms with van der Waals surface area (Å²) < 4.78 is 21.8. The molecule has 6 nitrogen and oxygen atoms in total. The zero-order chi connectivity index (χ0) is 20.2. The normalized spacial score (nSPS) is 26.8. The summed E-state index contributed by atoms with van der Waals surface area (Å²) >= 11 is 0. The summed E-state index contributed by atoms with van der Waals surface area (Å²) in [5, 5.41) is 0. The van der Waals surface area contributed by atoms with Crippen molar-refractivity contribution in [1.82, 2.24) is 4.90 Å². The summed E-state index contributed by atoms with van der Waals surface area (Å²) in [6, 6.07) is 11.9. The lowest BCUT2D eigenvalue weighted by atomic mass is 9.88. The van der Waals surface area contributed by atoms with Crippen molar-refractivity contribution in [2.75, 3.05) is 20.6 Å². The molecule has 2 aromatic carbocycles. The van der Waals surface area contributed by atoms with Gasteiger partial charge in [-0.25, -0.2) is 0 Å². The van der Waals surface area contributed by atoms with E-state index in [1.807, 2.05) is 48.6 Å². The maximum Gasteiger partial charge on any atom is 0.231 e. The van der Waals surface area contributed by atoms with Crippen molar-refractivity contribution in [3.8, 4) is 23.0 Å². The van der Waals surface area contributed by atoms with Crippen LogP contribution in [0, 0.1) is 0 Å². The van der Waals surface area contributed by atoms with Gasteiger partial charge in [0, 0.05) is 23.2 Å². The van der Waals surface area contributed by atoms with Gasteiger partial charge in [-0.1, -0.05) is 12.1 Å². The first kappa shape index (κ1) is 17.6. The average Bonchev–Trinajstić information content (AvgIpc) is 3.47. The molecule has 6 rings (SSSR count). The van der Waals surface area contributed by atoms with Gasteiger partial charge in [0.15, 0.2) is 28.8 Å². The zero-order valence-corrected chi connectivity index (χ0v) is 16.6. The molecule has 4 heterocycles. The van der Waals surface area contributed by atoms with E-state index in [2.05, 4.69) is 11.9 Å². The Morgan fingerprint density at radius 3 is 1.73 bits per heavy atom. The van der Waals surface area contributed by atoms with Gasteiger partial charge in [0.1, 0.15) is 0 Å². The summed E-state index contributed by atoms with van der Waals surface area (Å²) in [5.41, 5.74) is 3.56. The number of Topliss-reactive ketones (excluding diaryl/α,β-unsaturated/α-hetero) is 1. The molecule has 0 aliphatic carbocycles. The van der Waals surface area contributed by atoms with Crippen LogP contribution in [-0.4, -0.2) is 43.4 Å². The van der Waals surface area contributed by atoms with Crippen molar-refractivity contribution in [2.45, 2.75) is 24.9 Å².